The Kier molecular flexibility index (Phi) is 4.39. The molecule has 0 amide bonds. The lowest BCUT2D eigenvalue weighted by molar-refractivity contribution is -0.136. The first-order valence-corrected chi connectivity index (χ1v) is 8.49. The number of aromatic nitrogens is 3. The number of hydrogen-bond acceptors (Lipinski definition) is 5. The van der Waals surface area contributed by atoms with Gasteiger partial charge in [-0.05, 0) is 37.1 Å². The molecule has 138 valence electrons. The fourth-order valence-corrected chi connectivity index (χ4v) is 2.61. The predicted octanol–water partition coefficient (Wildman–Crippen LogP) is 4.88. The average Bonchev–Trinajstić information content (AvgIpc) is 3.46. The summed E-state index contributed by atoms with van der Waals surface area (Å²) >= 11 is 0. The summed E-state index contributed by atoms with van der Waals surface area (Å²) in [5, 5.41) is 5.97. The molecule has 0 bridgehead atoms. The van der Waals surface area contributed by atoms with E-state index in [0.717, 1.165) is 18.9 Å². The number of pyridine rings is 1. The van der Waals surface area contributed by atoms with E-state index in [0.29, 0.717) is 23.4 Å². The van der Waals surface area contributed by atoms with E-state index in [1.54, 1.807) is 30.5 Å². The summed E-state index contributed by atoms with van der Waals surface area (Å²) in [6.45, 7) is 0. The summed E-state index contributed by atoms with van der Waals surface area (Å²) in [5.41, 5.74) is 0.333. The Morgan fingerprint density at radius 2 is 1.70 bits per heavy atom. The van der Waals surface area contributed by atoms with Gasteiger partial charge in [-0.3, -0.25) is 4.98 Å². The van der Waals surface area contributed by atoms with Gasteiger partial charge in [-0.25, -0.2) is 4.98 Å². The second-order valence-corrected chi connectivity index (χ2v) is 6.26. The van der Waals surface area contributed by atoms with Crippen molar-refractivity contribution in [3.8, 4) is 11.4 Å². The highest BCUT2D eigenvalue weighted by Crippen LogP contribution is 2.36. The molecule has 1 saturated carbocycles. The van der Waals surface area contributed by atoms with E-state index in [4.69, 9.17) is 0 Å². The summed E-state index contributed by atoms with van der Waals surface area (Å²) < 4.78 is 39.8. The molecule has 1 aromatic carbocycles. The van der Waals surface area contributed by atoms with Crippen molar-refractivity contribution in [2.45, 2.75) is 25.1 Å². The molecule has 8 heteroatoms. The monoisotopic (exact) mass is 371 g/mol. The molecule has 1 aliphatic rings. The van der Waals surface area contributed by atoms with Crippen LogP contribution in [0.2, 0.25) is 0 Å². The molecular weight excluding hydrogens is 355 g/mol. The van der Waals surface area contributed by atoms with Crippen molar-refractivity contribution in [1.29, 1.82) is 0 Å². The number of anilines is 3. The molecule has 0 saturated heterocycles. The molecule has 0 radical (unpaired) electrons. The highest BCUT2D eigenvalue weighted by atomic mass is 19.4. The van der Waals surface area contributed by atoms with E-state index in [2.05, 4.69) is 25.6 Å². The topological polar surface area (TPSA) is 62.7 Å². The highest BCUT2D eigenvalue weighted by Gasteiger charge is 2.33. The van der Waals surface area contributed by atoms with Crippen LogP contribution in [0.3, 0.4) is 0 Å². The van der Waals surface area contributed by atoms with Crippen LogP contribution in [-0.2, 0) is 6.18 Å². The van der Waals surface area contributed by atoms with Crippen LogP contribution in [0.1, 0.15) is 18.4 Å². The van der Waals surface area contributed by atoms with Crippen molar-refractivity contribution in [1.82, 2.24) is 15.0 Å². The molecule has 2 aromatic heterocycles. The van der Waals surface area contributed by atoms with Gasteiger partial charge in [0.1, 0.15) is 5.82 Å². The number of para-hydroxylation sites is 1. The van der Waals surface area contributed by atoms with E-state index < -0.39 is 11.7 Å². The van der Waals surface area contributed by atoms with Crippen LogP contribution in [0.15, 0.2) is 54.7 Å². The Labute approximate surface area is 153 Å². The fraction of sp³-hybridized carbons (Fsp3) is 0.211. The van der Waals surface area contributed by atoms with Crippen LogP contribution in [-0.4, -0.2) is 21.0 Å². The smallest absolute Gasteiger partial charge is 0.351 e. The Morgan fingerprint density at radius 1 is 0.926 bits per heavy atom. The van der Waals surface area contributed by atoms with Gasteiger partial charge in [0.15, 0.2) is 0 Å². The van der Waals surface area contributed by atoms with Crippen LogP contribution < -0.4 is 10.6 Å². The van der Waals surface area contributed by atoms with Crippen molar-refractivity contribution in [3.05, 3.63) is 60.3 Å². The van der Waals surface area contributed by atoms with E-state index >= 15 is 0 Å². The van der Waals surface area contributed by atoms with E-state index in [9.17, 15) is 13.2 Å². The summed E-state index contributed by atoms with van der Waals surface area (Å²) in [6, 6.07) is 12.6. The Hall–Kier alpha value is -3.16. The maximum atomic E-state index is 13.3. The van der Waals surface area contributed by atoms with Crippen LogP contribution in [0.4, 0.5) is 30.6 Å². The normalized spacial score (nSPS) is 14.0. The molecule has 0 aliphatic heterocycles. The summed E-state index contributed by atoms with van der Waals surface area (Å²) in [4.78, 5) is 13.0. The number of benzene rings is 1. The molecule has 0 unspecified atom stereocenters. The molecule has 5 nitrogen and oxygen atoms in total. The minimum Gasteiger partial charge on any atom is -0.351 e. The van der Waals surface area contributed by atoms with Gasteiger partial charge in [-0.15, -0.1) is 0 Å². The van der Waals surface area contributed by atoms with Gasteiger partial charge in [-0.1, -0.05) is 18.2 Å². The quantitative estimate of drug-likeness (QED) is 0.670. The standard InChI is InChI=1S/C19H16F3N5/c20-19(21,22)13-5-1-2-6-14(13)25-17-11-16(15-7-3-4-10-23-15)26-18(27-17)24-12-8-9-12/h1-7,10-12H,8-9H2,(H2,24,25,26,27). The minimum absolute atomic E-state index is 0.0620. The van der Waals surface area contributed by atoms with E-state index in [1.165, 1.54) is 12.1 Å². The summed E-state index contributed by atoms with van der Waals surface area (Å²) in [6.07, 6.45) is -0.777. The lowest BCUT2D eigenvalue weighted by Crippen LogP contribution is -2.11. The Bertz CT molecular complexity index is 940. The third kappa shape index (κ3) is 4.16. The number of nitrogens with zero attached hydrogens (tertiary/aromatic N) is 3. The average molecular weight is 371 g/mol. The molecule has 1 aliphatic carbocycles. The van der Waals surface area contributed by atoms with Crippen LogP contribution in [0, 0.1) is 0 Å². The number of rotatable bonds is 5. The highest BCUT2D eigenvalue weighted by molar-refractivity contribution is 5.67. The van der Waals surface area contributed by atoms with Gasteiger partial charge in [0, 0.05) is 18.3 Å². The van der Waals surface area contributed by atoms with Gasteiger partial charge >= 0.3 is 6.18 Å². The largest absolute Gasteiger partial charge is 0.418 e. The molecule has 0 atom stereocenters. The predicted molar refractivity (Wildman–Crippen MR) is 96.6 cm³/mol. The van der Waals surface area contributed by atoms with Crippen LogP contribution in [0.25, 0.3) is 11.4 Å². The maximum Gasteiger partial charge on any atom is 0.418 e. The van der Waals surface area contributed by atoms with Crippen LogP contribution >= 0.6 is 0 Å². The molecule has 2 N–H and O–H groups in total. The lowest BCUT2D eigenvalue weighted by Gasteiger charge is -2.15. The van der Waals surface area contributed by atoms with Crippen molar-refractivity contribution >= 4 is 17.5 Å². The molecule has 2 heterocycles. The zero-order valence-corrected chi connectivity index (χ0v) is 14.2. The molecule has 1 fully saturated rings. The first kappa shape index (κ1) is 17.3. The second kappa shape index (κ2) is 6.86. The third-order valence-corrected chi connectivity index (χ3v) is 4.06. The zero-order valence-electron chi connectivity index (χ0n) is 14.2. The third-order valence-electron chi connectivity index (χ3n) is 4.06. The first-order chi connectivity index (χ1) is 13.0. The van der Waals surface area contributed by atoms with Gasteiger partial charge in [0.25, 0.3) is 0 Å². The van der Waals surface area contributed by atoms with E-state index in [1.807, 2.05) is 6.07 Å². The summed E-state index contributed by atoms with van der Waals surface area (Å²) in [5.74, 6) is 0.637. The SMILES string of the molecule is FC(F)(F)c1ccccc1Nc1cc(-c2ccccn2)nc(NC2CC2)n1. The van der Waals surface area contributed by atoms with Gasteiger partial charge in [0.05, 0.1) is 22.6 Å². The molecule has 4 rings (SSSR count). The Morgan fingerprint density at radius 3 is 2.41 bits per heavy atom. The van der Waals surface area contributed by atoms with Crippen molar-refractivity contribution < 1.29 is 13.2 Å². The maximum absolute atomic E-state index is 13.3. The fourth-order valence-electron chi connectivity index (χ4n) is 2.61. The van der Waals surface area contributed by atoms with Crippen molar-refractivity contribution in [2.24, 2.45) is 0 Å². The number of hydrogen-bond donors (Lipinski definition) is 2. The van der Waals surface area contributed by atoms with Crippen molar-refractivity contribution in [2.75, 3.05) is 10.6 Å². The number of halogens is 3. The van der Waals surface area contributed by atoms with Crippen molar-refractivity contribution in [3.63, 3.8) is 0 Å². The van der Waals surface area contributed by atoms with Gasteiger partial charge < -0.3 is 10.6 Å². The Balaban J connectivity index is 1.72. The van der Waals surface area contributed by atoms with Gasteiger partial charge in [-0.2, -0.15) is 18.2 Å². The first-order valence-electron chi connectivity index (χ1n) is 8.49. The lowest BCUT2D eigenvalue weighted by atomic mass is 10.1. The molecule has 0 spiro atoms. The molecular formula is C19H16F3N5. The summed E-state index contributed by atoms with van der Waals surface area (Å²) in [7, 11) is 0. The second-order valence-electron chi connectivity index (χ2n) is 6.26. The van der Waals surface area contributed by atoms with E-state index in [-0.39, 0.29) is 11.5 Å². The number of nitrogens with one attached hydrogen (secondary N) is 2. The molecule has 27 heavy (non-hydrogen) atoms. The van der Waals surface area contributed by atoms with Gasteiger partial charge in [0.2, 0.25) is 5.95 Å². The molecule has 3 aromatic rings. The zero-order chi connectivity index (χ0) is 18.9. The number of alkyl halides is 3. The minimum atomic E-state index is -4.46. The van der Waals surface area contributed by atoms with Crippen LogP contribution in [0.5, 0.6) is 0 Å².